The van der Waals surface area contributed by atoms with Gasteiger partial charge in [-0.1, -0.05) is 11.6 Å². The van der Waals surface area contributed by atoms with Crippen molar-refractivity contribution in [1.29, 1.82) is 0 Å². The summed E-state index contributed by atoms with van der Waals surface area (Å²) in [6.45, 7) is 2.25. The van der Waals surface area contributed by atoms with E-state index < -0.39 is 16.9 Å². The highest BCUT2D eigenvalue weighted by Gasteiger charge is 2.42. The van der Waals surface area contributed by atoms with Gasteiger partial charge in [-0.15, -0.1) is 0 Å². The third-order valence-electron chi connectivity index (χ3n) is 5.20. The van der Waals surface area contributed by atoms with E-state index in [4.69, 9.17) is 20.8 Å². The van der Waals surface area contributed by atoms with Crippen molar-refractivity contribution in [2.75, 3.05) is 20.3 Å². The molecule has 1 aliphatic heterocycles. The number of aryl methyl sites for hydroxylation is 1. The van der Waals surface area contributed by atoms with E-state index in [0.29, 0.717) is 10.6 Å². The van der Waals surface area contributed by atoms with Gasteiger partial charge in [0.1, 0.15) is 5.58 Å². The molecule has 1 atom stereocenters. The number of halogens is 1. The summed E-state index contributed by atoms with van der Waals surface area (Å²) in [5.74, 6) is -0.467. The van der Waals surface area contributed by atoms with E-state index in [1.54, 1.807) is 13.0 Å². The van der Waals surface area contributed by atoms with Crippen molar-refractivity contribution in [3.05, 3.63) is 84.2 Å². The first-order valence-corrected chi connectivity index (χ1v) is 9.52. The molecule has 0 aliphatic carbocycles. The Morgan fingerprint density at radius 1 is 1.23 bits per heavy atom. The van der Waals surface area contributed by atoms with Crippen LogP contribution in [0.2, 0.25) is 5.02 Å². The number of nitro groups is 1. The van der Waals surface area contributed by atoms with Crippen LogP contribution in [-0.4, -0.2) is 36.0 Å². The third kappa shape index (κ3) is 3.14. The molecule has 1 aromatic heterocycles. The molecule has 2 heterocycles. The molecule has 0 radical (unpaired) electrons. The number of ether oxygens (including phenoxy) is 1. The fourth-order valence-corrected chi connectivity index (χ4v) is 3.85. The van der Waals surface area contributed by atoms with Crippen LogP contribution in [0.1, 0.15) is 33.3 Å². The molecule has 1 unspecified atom stereocenters. The van der Waals surface area contributed by atoms with Crippen molar-refractivity contribution in [1.82, 2.24) is 4.90 Å². The van der Waals surface area contributed by atoms with Gasteiger partial charge in [-0.3, -0.25) is 19.7 Å². The molecular formula is C21H17ClN2O6. The van der Waals surface area contributed by atoms with Gasteiger partial charge in [-0.05, 0) is 42.3 Å². The molecule has 30 heavy (non-hydrogen) atoms. The number of methoxy groups -OCH3 is 1. The second kappa shape index (κ2) is 7.55. The summed E-state index contributed by atoms with van der Waals surface area (Å²) in [5.41, 5.74) is 1.32. The molecule has 0 fully saturated rings. The van der Waals surface area contributed by atoms with Crippen LogP contribution in [0.25, 0.3) is 11.0 Å². The van der Waals surface area contributed by atoms with E-state index in [0.717, 1.165) is 5.56 Å². The number of benzene rings is 2. The molecule has 2 aromatic carbocycles. The molecule has 0 N–H and O–H groups in total. The lowest BCUT2D eigenvalue weighted by Crippen LogP contribution is -2.32. The van der Waals surface area contributed by atoms with Gasteiger partial charge in [0.25, 0.3) is 11.6 Å². The van der Waals surface area contributed by atoms with Gasteiger partial charge >= 0.3 is 0 Å². The number of carbonyl (C=O) groups excluding carboxylic acids is 1. The van der Waals surface area contributed by atoms with Gasteiger partial charge in [-0.2, -0.15) is 0 Å². The number of non-ortho nitro benzene ring substituents is 1. The van der Waals surface area contributed by atoms with Crippen LogP contribution in [0.3, 0.4) is 0 Å². The molecular weight excluding hydrogens is 412 g/mol. The lowest BCUT2D eigenvalue weighted by molar-refractivity contribution is -0.384. The van der Waals surface area contributed by atoms with Crippen LogP contribution in [0.15, 0.2) is 45.6 Å². The zero-order valence-corrected chi connectivity index (χ0v) is 16.9. The monoisotopic (exact) mass is 428 g/mol. The largest absolute Gasteiger partial charge is 0.450 e. The first-order valence-electron chi connectivity index (χ1n) is 9.14. The highest BCUT2D eigenvalue weighted by atomic mass is 35.5. The van der Waals surface area contributed by atoms with Gasteiger partial charge in [0.15, 0.2) is 5.43 Å². The number of nitro benzene ring substituents is 1. The maximum Gasteiger partial charge on any atom is 0.290 e. The number of fused-ring (bicyclic) bond motifs is 2. The summed E-state index contributed by atoms with van der Waals surface area (Å²) in [6, 6.07) is 8.18. The van der Waals surface area contributed by atoms with E-state index in [-0.39, 0.29) is 46.6 Å². The average molecular weight is 429 g/mol. The van der Waals surface area contributed by atoms with Crippen LogP contribution in [0, 0.1) is 17.0 Å². The molecule has 0 saturated carbocycles. The third-order valence-corrected chi connectivity index (χ3v) is 5.61. The Labute approximate surface area is 175 Å². The lowest BCUT2D eigenvalue weighted by atomic mass is 9.98. The van der Waals surface area contributed by atoms with Crippen LogP contribution < -0.4 is 5.43 Å². The van der Waals surface area contributed by atoms with Gasteiger partial charge in [0.2, 0.25) is 5.76 Å². The molecule has 0 saturated heterocycles. The van der Waals surface area contributed by atoms with Crippen molar-refractivity contribution in [2.24, 2.45) is 0 Å². The average Bonchev–Trinajstić information content (AvgIpc) is 3.00. The number of amides is 1. The first-order chi connectivity index (χ1) is 14.3. The Bertz CT molecular complexity index is 1230. The maximum atomic E-state index is 13.4. The Morgan fingerprint density at radius 3 is 2.57 bits per heavy atom. The number of rotatable bonds is 5. The molecule has 4 rings (SSSR count). The standard InChI is InChI=1S/C21H17ClN2O6/c1-11-9-16-14(10-15(11)22)19(25)17-18(12-3-5-13(6-4-12)24(27)28)23(7-8-29-2)21(26)20(17)30-16/h3-6,9-10,18H,7-8H2,1-2H3. The normalized spacial score (nSPS) is 15.6. The van der Waals surface area contributed by atoms with Crippen molar-refractivity contribution >= 4 is 34.2 Å². The molecule has 0 spiro atoms. The van der Waals surface area contributed by atoms with E-state index in [1.807, 2.05) is 0 Å². The van der Waals surface area contributed by atoms with Crippen LogP contribution in [0.4, 0.5) is 5.69 Å². The second-order valence-corrected chi connectivity index (χ2v) is 7.42. The first kappa shape index (κ1) is 20.1. The Morgan fingerprint density at radius 2 is 1.93 bits per heavy atom. The Kier molecular flexibility index (Phi) is 5.05. The number of carbonyl (C=O) groups is 1. The molecule has 154 valence electrons. The summed E-state index contributed by atoms with van der Waals surface area (Å²) in [5, 5.41) is 11.7. The number of nitrogens with zero attached hydrogens (tertiary/aromatic N) is 2. The predicted molar refractivity (Wildman–Crippen MR) is 110 cm³/mol. The van der Waals surface area contributed by atoms with Crippen molar-refractivity contribution in [2.45, 2.75) is 13.0 Å². The van der Waals surface area contributed by atoms with E-state index in [9.17, 15) is 19.7 Å². The molecule has 1 amide bonds. The SMILES string of the molecule is COCCN1C(=O)c2oc3cc(C)c(Cl)cc3c(=O)c2C1c1ccc([N+](=O)[O-])cc1. The summed E-state index contributed by atoms with van der Waals surface area (Å²) in [4.78, 5) is 38.5. The van der Waals surface area contributed by atoms with Crippen LogP contribution >= 0.6 is 11.6 Å². The van der Waals surface area contributed by atoms with Crippen molar-refractivity contribution in [3.8, 4) is 0 Å². The van der Waals surface area contributed by atoms with E-state index in [2.05, 4.69) is 0 Å². The minimum Gasteiger partial charge on any atom is -0.450 e. The fraction of sp³-hybridized carbons (Fsp3) is 0.238. The zero-order valence-electron chi connectivity index (χ0n) is 16.2. The van der Waals surface area contributed by atoms with Gasteiger partial charge < -0.3 is 14.1 Å². The highest BCUT2D eigenvalue weighted by Crippen LogP contribution is 2.38. The minimum absolute atomic E-state index is 0.0336. The van der Waals surface area contributed by atoms with Crippen molar-refractivity contribution in [3.63, 3.8) is 0 Å². The Hall–Kier alpha value is -3.23. The molecule has 9 heteroatoms. The van der Waals surface area contributed by atoms with Crippen LogP contribution in [0.5, 0.6) is 0 Å². The summed E-state index contributed by atoms with van der Waals surface area (Å²) < 4.78 is 11.0. The molecule has 1 aliphatic rings. The van der Waals surface area contributed by atoms with E-state index >= 15 is 0 Å². The van der Waals surface area contributed by atoms with E-state index in [1.165, 1.54) is 42.3 Å². The summed E-state index contributed by atoms with van der Waals surface area (Å²) in [6.07, 6.45) is 0. The topological polar surface area (TPSA) is 103 Å². The highest BCUT2D eigenvalue weighted by molar-refractivity contribution is 6.32. The lowest BCUT2D eigenvalue weighted by Gasteiger charge is -2.24. The molecule has 8 nitrogen and oxygen atoms in total. The quantitative estimate of drug-likeness (QED) is 0.451. The Balaban J connectivity index is 1.95. The van der Waals surface area contributed by atoms with Gasteiger partial charge in [0.05, 0.1) is 28.5 Å². The number of hydrogen-bond acceptors (Lipinski definition) is 6. The smallest absolute Gasteiger partial charge is 0.290 e. The number of hydrogen-bond donors (Lipinski definition) is 0. The second-order valence-electron chi connectivity index (χ2n) is 7.01. The minimum atomic E-state index is -0.746. The predicted octanol–water partition coefficient (Wildman–Crippen LogP) is 3.85. The van der Waals surface area contributed by atoms with Gasteiger partial charge in [-0.25, -0.2) is 0 Å². The fourth-order valence-electron chi connectivity index (χ4n) is 3.69. The van der Waals surface area contributed by atoms with Gasteiger partial charge in [0, 0.05) is 30.8 Å². The maximum absolute atomic E-state index is 13.4. The molecule has 0 bridgehead atoms. The summed E-state index contributed by atoms with van der Waals surface area (Å²) >= 11 is 6.20. The molecule has 3 aromatic rings. The summed E-state index contributed by atoms with van der Waals surface area (Å²) in [7, 11) is 1.51. The van der Waals surface area contributed by atoms with Crippen molar-refractivity contribution < 1.29 is 18.9 Å². The zero-order chi connectivity index (χ0) is 21.6. The van der Waals surface area contributed by atoms with Crippen LogP contribution in [-0.2, 0) is 4.74 Å².